The molecule has 0 spiro atoms. The second kappa shape index (κ2) is 6.26. The molecular formula is C18H23N3O3. The molecule has 24 heavy (non-hydrogen) atoms. The first kappa shape index (κ1) is 16.5. The van der Waals surface area contributed by atoms with Crippen LogP contribution in [-0.4, -0.2) is 27.4 Å². The molecule has 128 valence electrons. The molecule has 0 saturated heterocycles. The average molecular weight is 329 g/mol. The van der Waals surface area contributed by atoms with Crippen LogP contribution in [0.15, 0.2) is 16.9 Å². The van der Waals surface area contributed by atoms with Crippen LogP contribution in [0.3, 0.4) is 0 Å². The molecule has 0 aliphatic carbocycles. The summed E-state index contributed by atoms with van der Waals surface area (Å²) in [6.07, 6.45) is 2.16. The fourth-order valence-electron chi connectivity index (χ4n) is 3.35. The zero-order chi connectivity index (χ0) is 17.4. The van der Waals surface area contributed by atoms with E-state index in [9.17, 15) is 9.59 Å². The molecule has 1 aliphatic rings. The van der Waals surface area contributed by atoms with Crippen LogP contribution in [0, 0.1) is 20.8 Å². The number of methoxy groups -OCH3 is 1. The Morgan fingerprint density at radius 3 is 2.67 bits per heavy atom. The van der Waals surface area contributed by atoms with Gasteiger partial charge in [-0.1, -0.05) is 12.1 Å². The second-order valence-corrected chi connectivity index (χ2v) is 6.52. The van der Waals surface area contributed by atoms with Crippen molar-refractivity contribution in [2.45, 2.75) is 52.6 Å². The van der Waals surface area contributed by atoms with Crippen molar-refractivity contribution in [2.24, 2.45) is 0 Å². The van der Waals surface area contributed by atoms with Crippen molar-refractivity contribution < 1.29 is 9.53 Å². The molecule has 3 rings (SSSR count). The number of rotatable bonds is 3. The molecule has 2 aromatic rings. The summed E-state index contributed by atoms with van der Waals surface area (Å²) in [7, 11) is 1.35. The van der Waals surface area contributed by atoms with Gasteiger partial charge in [0.2, 0.25) is 0 Å². The fourth-order valence-corrected chi connectivity index (χ4v) is 3.35. The van der Waals surface area contributed by atoms with Gasteiger partial charge < -0.3 is 4.74 Å². The summed E-state index contributed by atoms with van der Waals surface area (Å²) >= 11 is 0. The number of aryl methyl sites for hydroxylation is 4. The minimum absolute atomic E-state index is 0.238. The summed E-state index contributed by atoms with van der Waals surface area (Å²) in [5.74, 6) is 0.295. The Kier molecular flexibility index (Phi) is 4.30. The molecule has 1 unspecified atom stereocenters. The maximum atomic E-state index is 12.8. The summed E-state index contributed by atoms with van der Waals surface area (Å²) in [5.41, 5.74) is 4.40. The molecule has 0 bridgehead atoms. The molecule has 0 radical (unpaired) electrons. The Bertz CT molecular complexity index is 848. The van der Waals surface area contributed by atoms with Crippen molar-refractivity contribution in [1.82, 2.24) is 14.3 Å². The quantitative estimate of drug-likeness (QED) is 0.809. The predicted octanol–water partition coefficient (Wildman–Crippen LogP) is 2.07. The molecule has 0 N–H and O–H groups in total. The van der Waals surface area contributed by atoms with E-state index < -0.39 is 6.04 Å². The zero-order valence-corrected chi connectivity index (χ0v) is 14.6. The van der Waals surface area contributed by atoms with E-state index >= 15 is 0 Å². The Morgan fingerprint density at radius 2 is 1.96 bits per heavy atom. The highest BCUT2D eigenvalue weighted by atomic mass is 16.5. The second-order valence-electron chi connectivity index (χ2n) is 6.52. The number of ether oxygens (including phenoxy) is 1. The summed E-state index contributed by atoms with van der Waals surface area (Å²) in [6.45, 7) is 6.60. The number of carbonyl (C=O) groups is 1. The number of hydrogen-bond donors (Lipinski definition) is 0. The number of fused-ring (bicyclic) bond motifs is 1. The van der Waals surface area contributed by atoms with E-state index in [0.29, 0.717) is 25.2 Å². The van der Waals surface area contributed by atoms with Gasteiger partial charge in [-0.15, -0.1) is 0 Å². The highest BCUT2D eigenvalue weighted by Gasteiger charge is 2.31. The van der Waals surface area contributed by atoms with E-state index in [-0.39, 0.29) is 11.7 Å². The van der Waals surface area contributed by atoms with Gasteiger partial charge in [-0.3, -0.25) is 4.57 Å². The van der Waals surface area contributed by atoms with Gasteiger partial charge in [-0.2, -0.15) is 5.10 Å². The Balaban J connectivity index is 2.00. The van der Waals surface area contributed by atoms with E-state index in [2.05, 4.69) is 31.1 Å². The lowest BCUT2D eigenvalue weighted by Gasteiger charge is -2.20. The van der Waals surface area contributed by atoms with Crippen LogP contribution in [0.25, 0.3) is 0 Å². The Morgan fingerprint density at radius 1 is 1.25 bits per heavy atom. The number of carbonyl (C=O) groups excluding carboxylic acids is 1. The number of benzene rings is 1. The molecule has 0 saturated carbocycles. The van der Waals surface area contributed by atoms with Crippen LogP contribution < -0.4 is 5.69 Å². The van der Waals surface area contributed by atoms with Gasteiger partial charge >= 0.3 is 11.7 Å². The molecule has 0 fully saturated rings. The third-order valence-corrected chi connectivity index (χ3v) is 4.88. The number of aromatic nitrogens is 3. The predicted molar refractivity (Wildman–Crippen MR) is 90.2 cm³/mol. The van der Waals surface area contributed by atoms with Gasteiger partial charge in [0.05, 0.1) is 13.7 Å². The number of hydrogen-bond acceptors (Lipinski definition) is 4. The van der Waals surface area contributed by atoms with Gasteiger partial charge in [0.1, 0.15) is 11.9 Å². The van der Waals surface area contributed by atoms with Gasteiger partial charge in [0.15, 0.2) is 0 Å². The highest BCUT2D eigenvalue weighted by molar-refractivity contribution is 5.74. The maximum absolute atomic E-state index is 12.8. The number of esters is 1. The van der Waals surface area contributed by atoms with E-state index in [1.807, 2.05) is 6.92 Å². The average Bonchev–Trinajstić information content (AvgIpc) is 2.88. The van der Waals surface area contributed by atoms with Crippen LogP contribution >= 0.6 is 0 Å². The van der Waals surface area contributed by atoms with Gasteiger partial charge in [-0.25, -0.2) is 14.3 Å². The standard InChI is InChI=1S/C18H23N3O3/c1-11-8-13(3)14(9-12(11)2)10-20-18(23)21-15(17(22)24-4)6-5-7-16(21)19-20/h8-9,15H,5-7,10H2,1-4H3. The lowest BCUT2D eigenvalue weighted by molar-refractivity contribution is -0.145. The van der Waals surface area contributed by atoms with Crippen molar-refractivity contribution in [2.75, 3.05) is 7.11 Å². The SMILES string of the molecule is COC(=O)C1CCCc2nn(Cc3cc(C)c(C)cc3C)c(=O)n21. The van der Waals surface area contributed by atoms with Gasteiger partial charge in [0.25, 0.3) is 0 Å². The molecule has 6 nitrogen and oxygen atoms in total. The summed E-state index contributed by atoms with van der Waals surface area (Å²) in [6, 6.07) is 3.68. The Labute approximate surface area is 141 Å². The lowest BCUT2D eigenvalue weighted by atomic mass is 10.0. The van der Waals surface area contributed by atoms with Crippen molar-refractivity contribution >= 4 is 5.97 Å². The third kappa shape index (κ3) is 2.77. The summed E-state index contributed by atoms with van der Waals surface area (Å²) < 4.78 is 7.81. The molecular weight excluding hydrogens is 306 g/mol. The van der Waals surface area contributed by atoms with Crippen molar-refractivity contribution in [1.29, 1.82) is 0 Å². The largest absolute Gasteiger partial charge is 0.467 e. The van der Waals surface area contributed by atoms with Crippen molar-refractivity contribution in [3.8, 4) is 0 Å². The zero-order valence-electron chi connectivity index (χ0n) is 14.6. The van der Waals surface area contributed by atoms with Gasteiger partial charge in [0, 0.05) is 6.42 Å². The molecule has 1 aromatic carbocycles. The first-order chi connectivity index (χ1) is 11.4. The van der Waals surface area contributed by atoms with E-state index in [1.54, 1.807) is 0 Å². The third-order valence-electron chi connectivity index (χ3n) is 4.88. The van der Waals surface area contributed by atoms with Crippen molar-refractivity contribution in [3.05, 3.63) is 50.7 Å². The molecule has 2 heterocycles. The first-order valence-electron chi connectivity index (χ1n) is 8.25. The van der Waals surface area contributed by atoms with Crippen LogP contribution in [0.1, 0.15) is 47.0 Å². The molecule has 6 heteroatoms. The minimum atomic E-state index is -0.555. The summed E-state index contributed by atoms with van der Waals surface area (Å²) in [4.78, 5) is 24.7. The van der Waals surface area contributed by atoms with Crippen molar-refractivity contribution in [3.63, 3.8) is 0 Å². The van der Waals surface area contributed by atoms with E-state index in [4.69, 9.17) is 4.74 Å². The minimum Gasteiger partial charge on any atom is -0.467 e. The smallest absolute Gasteiger partial charge is 0.347 e. The van der Waals surface area contributed by atoms with E-state index in [1.165, 1.54) is 27.5 Å². The number of nitrogens with zero attached hydrogens (tertiary/aromatic N) is 3. The topological polar surface area (TPSA) is 66.1 Å². The van der Waals surface area contributed by atoms with Crippen LogP contribution in [0.4, 0.5) is 0 Å². The van der Waals surface area contributed by atoms with Crippen LogP contribution in [0.5, 0.6) is 0 Å². The van der Waals surface area contributed by atoms with E-state index in [0.717, 1.165) is 17.5 Å². The fraction of sp³-hybridized carbons (Fsp3) is 0.500. The lowest BCUT2D eigenvalue weighted by Crippen LogP contribution is -2.35. The molecule has 1 aliphatic heterocycles. The van der Waals surface area contributed by atoms with Crippen LogP contribution in [-0.2, 0) is 22.5 Å². The normalized spacial score (nSPS) is 16.8. The van der Waals surface area contributed by atoms with Gasteiger partial charge in [-0.05, 0) is 55.9 Å². The molecule has 1 aromatic heterocycles. The van der Waals surface area contributed by atoms with Crippen LogP contribution in [0.2, 0.25) is 0 Å². The molecule has 1 atom stereocenters. The maximum Gasteiger partial charge on any atom is 0.347 e. The summed E-state index contributed by atoms with van der Waals surface area (Å²) in [5, 5.41) is 4.47. The monoisotopic (exact) mass is 329 g/mol. The Hall–Kier alpha value is -2.37. The molecule has 0 amide bonds. The highest BCUT2D eigenvalue weighted by Crippen LogP contribution is 2.23. The first-order valence-corrected chi connectivity index (χ1v) is 8.25.